The van der Waals surface area contributed by atoms with E-state index in [4.69, 9.17) is 24.7 Å². The second kappa shape index (κ2) is 16.4. The molecule has 0 saturated heterocycles. The minimum absolute atomic E-state index is 0.235. The Morgan fingerprint density at radius 3 is 0.982 bits per heavy atom. The first-order valence-corrected chi connectivity index (χ1v) is 19.5. The van der Waals surface area contributed by atoms with Crippen LogP contribution >= 0.6 is 0 Å². The van der Waals surface area contributed by atoms with Crippen molar-refractivity contribution in [2.45, 2.75) is 90.5 Å². The molecule has 2 amide bonds. The van der Waals surface area contributed by atoms with Crippen molar-refractivity contribution >= 4 is 11.8 Å². The molecule has 0 unspecified atom stereocenters. The smallest absolute Gasteiger partial charge is 0.239 e. The lowest BCUT2D eigenvalue weighted by molar-refractivity contribution is -0.184. The van der Waals surface area contributed by atoms with Gasteiger partial charge < -0.3 is 39.8 Å². The Bertz CT molecular complexity index is 1750. The fraction of sp³-hybridized carbons (Fsp3) is 0.447. The van der Waals surface area contributed by atoms with Crippen LogP contribution in [0.2, 0.25) is 0 Å². The van der Waals surface area contributed by atoms with Crippen molar-refractivity contribution < 1.29 is 38.7 Å². The molecule has 306 valence electrons. The van der Waals surface area contributed by atoms with Crippen LogP contribution in [0.15, 0.2) is 97.1 Å². The van der Waals surface area contributed by atoms with Gasteiger partial charge in [0, 0.05) is 0 Å². The zero-order valence-electron chi connectivity index (χ0n) is 35.1. The van der Waals surface area contributed by atoms with Crippen molar-refractivity contribution in [2.75, 3.05) is 28.4 Å². The van der Waals surface area contributed by atoms with Crippen molar-refractivity contribution in [3.8, 4) is 23.0 Å². The number of benzene rings is 4. The van der Waals surface area contributed by atoms with Crippen molar-refractivity contribution in [3.05, 3.63) is 119 Å². The summed E-state index contributed by atoms with van der Waals surface area (Å²) in [6.07, 6.45) is 1.70. The molecule has 57 heavy (non-hydrogen) atoms. The average molecular weight is 781 g/mol. The van der Waals surface area contributed by atoms with E-state index in [0.29, 0.717) is 58.1 Å². The molecule has 0 spiro atoms. The summed E-state index contributed by atoms with van der Waals surface area (Å²) in [4.78, 5) is 31.7. The molecule has 10 heteroatoms. The lowest BCUT2D eigenvalue weighted by Gasteiger charge is -2.59. The maximum absolute atomic E-state index is 16.2. The fourth-order valence-electron chi connectivity index (χ4n) is 9.01. The Balaban J connectivity index is 1.99. The molecular weight excluding hydrogens is 721 g/mol. The lowest BCUT2D eigenvalue weighted by Crippen LogP contribution is -2.71. The number of nitrogens with two attached hydrogens (primary N) is 1. The van der Waals surface area contributed by atoms with Gasteiger partial charge in [-0.3, -0.25) is 9.59 Å². The summed E-state index contributed by atoms with van der Waals surface area (Å²) in [7, 11) is 6.28. The van der Waals surface area contributed by atoms with Gasteiger partial charge in [0.25, 0.3) is 0 Å². The van der Waals surface area contributed by atoms with Crippen LogP contribution in [-0.2, 0) is 20.8 Å². The van der Waals surface area contributed by atoms with Crippen LogP contribution in [-0.4, -0.2) is 67.5 Å². The first-order valence-electron chi connectivity index (χ1n) is 19.5. The van der Waals surface area contributed by atoms with Crippen LogP contribution in [0.5, 0.6) is 23.0 Å². The second-order valence-electron chi connectivity index (χ2n) is 17.3. The number of carbonyl (C=O) groups excluding carboxylic acids is 2. The predicted molar refractivity (Wildman–Crippen MR) is 221 cm³/mol. The van der Waals surface area contributed by atoms with E-state index in [1.165, 1.54) is 0 Å². The van der Waals surface area contributed by atoms with Gasteiger partial charge in [-0.25, -0.2) is 0 Å². The molecule has 0 bridgehead atoms. The van der Waals surface area contributed by atoms with Gasteiger partial charge in [0.1, 0.15) is 39.6 Å². The number of ether oxygens (including phenoxy) is 4. The molecule has 0 aliphatic heterocycles. The number of aliphatic hydroxyl groups is 2. The Morgan fingerprint density at radius 2 is 0.789 bits per heavy atom. The van der Waals surface area contributed by atoms with Crippen LogP contribution in [0.1, 0.15) is 89.5 Å². The summed E-state index contributed by atoms with van der Waals surface area (Å²) in [5.74, 6) is 1.04. The van der Waals surface area contributed by atoms with Crippen molar-refractivity contribution in [2.24, 2.45) is 22.0 Å². The number of methoxy groups -OCH3 is 4. The van der Waals surface area contributed by atoms with Crippen LogP contribution in [0.25, 0.3) is 0 Å². The van der Waals surface area contributed by atoms with Gasteiger partial charge in [0.2, 0.25) is 11.8 Å². The average Bonchev–Trinajstić information content (AvgIpc) is 3.71. The molecule has 5 rings (SSSR count). The van der Waals surface area contributed by atoms with Gasteiger partial charge in [-0.15, -0.1) is 0 Å². The monoisotopic (exact) mass is 780 g/mol. The summed E-state index contributed by atoms with van der Waals surface area (Å²) >= 11 is 0. The van der Waals surface area contributed by atoms with Crippen molar-refractivity contribution in [3.63, 3.8) is 0 Å². The quantitative estimate of drug-likeness (QED) is 0.111. The van der Waals surface area contributed by atoms with E-state index in [1.807, 2.05) is 41.5 Å². The van der Waals surface area contributed by atoms with E-state index in [-0.39, 0.29) is 12.8 Å². The largest absolute Gasteiger partial charge is 0.497 e. The zero-order valence-corrected chi connectivity index (χ0v) is 35.1. The third-order valence-corrected chi connectivity index (χ3v) is 11.7. The molecule has 4 aromatic rings. The van der Waals surface area contributed by atoms with E-state index in [0.717, 1.165) is 0 Å². The third kappa shape index (κ3) is 7.94. The molecule has 1 aliphatic carbocycles. The highest BCUT2D eigenvalue weighted by atomic mass is 16.5. The number of nitrogens with zero attached hydrogens (tertiary/aromatic N) is 1. The van der Waals surface area contributed by atoms with E-state index in [2.05, 4.69) is 0 Å². The molecular formula is C47H60N2O8. The summed E-state index contributed by atoms with van der Waals surface area (Å²) < 4.78 is 22.1. The van der Waals surface area contributed by atoms with Crippen LogP contribution in [0.3, 0.4) is 0 Å². The number of primary amides is 1. The Kier molecular flexibility index (Phi) is 12.4. The summed E-state index contributed by atoms with van der Waals surface area (Å²) in [6, 6.07) is 26.1. The molecule has 0 aromatic heterocycles. The normalized spacial score (nSPS) is 15.6. The molecule has 1 fully saturated rings. The number of hydrogen-bond acceptors (Lipinski definition) is 8. The standard InChI is InChI=1S/C47H60N2O8/c1-43(2,3)39(46(52,31-13-21-35(54-7)22-14-31)32-15-23-36(55-8)24-16-32)49(42(51)45(41(48)50)29-11-12-30-45)40(44(4,5)6)47(53,33-17-25-37(56-9)26-18-33)34-19-27-38(57-10)28-20-34/h13-28,39-40,52-53H,11-12,29-30H2,1-10H3,(H2,48,50)/t39-,40-/m1/s1. The number of rotatable bonds is 14. The van der Waals surface area contributed by atoms with Crippen molar-refractivity contribution in [1.82, 2.24) is 4.90 Å². The zero-order chi connectivity index (χ0) is 42.0. The van der Waals surface area contributed by atoms with Crippen molar-refractivity contribution in [1.29, 1.82) is 0 Å². The number of carbonyl (C=O) groups is 2. The molecule has 1 aliphatic rings. The highest BCUT2D eigenvalue weighted by molar-refractivity contribution is 6.05. The number of amides is 2. The van der Waals surface area contributed by atoms with Gasteiger partial charge in [-0.2, -0.15) is 0 Å². The highest BCUT2D eigenvalue weighted by Gasteiger charge is 2.62. The molecule has 2 atom stereocenters. The molecule has 4 N–H and O–H groups in total. The van der Waals surface area contributed by atoms with E-state index >= 15 is 4.79 Å². The highest BCUT2D eigenvalue weighted by Crippen LogP contribution is 2.54. The Labute approximate surface area is 337 Å². The minimum Gasteiger partial charge on any atom is -0.497 e. The topological polar surface area (TPSA) is 141 Å². The molecule has 0 radical (unpaired) electrons. The summed E-state index contributed by atoms with van der Waals surface area (Å²) in [5, 5.41) is 28.0. The molecule has 0 heterocycles. The van der Waals surface area contributed by atoms with Gasteiger partial charge >= 0.3 is 0 Å². The van der Waals surface area contributed by atoms with Gasteiger partial charge in [0.05, 0.1) is 40.5 Å². The predicted octanol–water partition coefficient (Wildman–Crippen LogP) is 7.60. The van der Waals surface area contributed by atoms with Gasteiger partial charge in [0.15, 0.2) is 0 Å². The fourth-order valence-corrected chi connectivity index (χ4v) is 9.01. The first kappa shape index (κ1) is 43.1. The SMILES string of the molecule is COc1ccc(C(O)(c2ccc(OC)cc2)[C@H](N(C(=O)C2(C(N)=O)CCCC2)[C@H](C(C)(C)C)C(O)(c2ccc(OC)cc2)c2ccc(OC)cc2)C(C)(C)C)cc1. The maximum atomic E-state index is 16.2. The molecule has 1 saturated carbocycles. The van der Waals surface area contributed by atoms with Crippen LogP contribution in [0.4, 0.5) is 0 Å². The Hall–Kier alpha value is -5.06. The third-order valence-electron chi connectivity index (χ3n) is 11.7. The van der Waals surface area contributed by atoms with E-state index in [9.17, 15) is 15.0 Å². The summed E-state index contributed by atoms with van der Waals surface area (Å²) in [6.45, 7) is 11.8. The minimum atomic E-state index is -1.96. The summed E-state index contributed by atoms with van der Waals surface area (Å²) in [5.41, 5.74) is 0.779. The van der Waals surface area contributed by atoms with E-state index < -0.39 is 51.3 Å². The van der Waals surface area contributed by atoms with Crippen LogP contribution in [0, 0.1) is 16.2 Å². The first-order chi connectivity index (χ1) is 26.8. The number of hydrogen-bond donors (Lipinski definition) is 3. The van der Waals surface area contributed by atoms with Gasteiger partial charge in [-0.05, 0) is 94.5 Å². The second-order valence-corrected chi connectivity index (χ2v) is 17.3. The van der Waals surface area contributed by atoms with E-state index in [1.54, 1.807) is 130 Å². The molecule has 10 nitrogen and oxygen atoms in total. The van der Waals surface area contributed by atoms with Crippen LogP contribution < -0.4 is 24.7 Å². The lowest BCUT2D eigenvalue weighted by atomic mass is 9.63. The Morgan fingerprint density at radius 1 is 0.544 bits per heavy atom. The molecule has 4 aromatic carbocycles. The van der Waals surface area contributed by atoms with Gasteiger partial charge in [-0.1, -0.05) is 103 Å². The maximum Gasteiger partial charge on any atom is 0.239 e.